The predicted octanol–water partition coefficient (Wildman–Crippen LogP) is 6.12. The number of carbonyl (C=O) groups is 1. The van der Waals surface area contributed by atoms with E-state index in [2.05, 4.69) is 24.5 Å². The number of ether oxygens (including phenoxy) is 1. The molecule has 192 valence electrons. The van der Waals surface area contributed by atoms with Gasteiger partial charge in [-0.2, -0.15) is 0 Å². The highest BCUT2D eigenvalue weighted by Gasteiger charge is 2.41. The first-order valence-electron chi connectivity index (χ1n) is 11.1. The van der Waals surface area contributed by atoms with E-state index in [1.807, 2.05) is 0 Å². The fourth-order valence-electron chi connectivity index (χ4n) is 3.32. The summed E-state index contributed by atoms with van der Waals surface area (Å²) in [6.45, 7) is 7.08. The second-order valence-corrected chi connectivity index (χ2v) is 7.89. The van der Waals surface area contributed by atoms with Crippen molar-refractivity contribution in [3.05, 3.63) is 53.3 Å². The van der Waals surface area contributed by atoms with Gasteiger partial charge in [-0.05, 0) is 37.7 Å². The summed E-state index contributed by atoms with van der Waals surface area (Å²) in [6, 6.07) is 2.60. The molecule has 0 heterocycles. The van der Waals surface area contributed by atoms with Gasteiger partial charge in [-0.1, -0.05) is 33.3 Å². The molecular formula is C25H35F5N2O2. The number of carbonyl (C=O) groups excluding carboxylic acids is 1. The molecule has 2 atom stereocenters. The van der Waals surface area contributed by atoms with Crippen LogP contribution in [0.15, 0.2) is 30.3 Å². The second-order valence-electron chi connectivity index (χ2n) is 7.89. The van der Waals surface area contributed by atoms with Crippen LogP contribution in [0, 0.1) is 17.5 Å². The average Bonchev–Trinajstić information content (AvgIpc) is 2.77. The fourth-order valence-corrected chi connectivity index (χ4v) is 3.32. The van der Waals surface area contributed by atoms with Crippen molar-refractivity contribution in [1.29, 1.82) is 0 Å². The zero-order chi connectivity index (χ0) is 26.1. The molecule has 0 radical (unpaired) electrons. The Morgan fingerprint density at radius 3 is 2.12 bits per heavy atom. The second kappa shape index (κ2) is 13.3. The summed E-state index contributed by atoms with van der Waals surface area (Å²) in [5.41, 5.74) is -0.171. The molecule has 1 amide bonds. The van der Waals surface area contributed by atoms with Gasteiger partial charge >= 0.3 is 0 Å². The monoisotopic (exact) mass is 490 g/mol. The van der Waals surface area contributed by atoms with Crippen LogP contribution in [-0.4, -0.2) is 38.1 Å². The molecule has 9 heteroatoms. The van der Waals surface area contributed by atoms with Crippen LogP contribution in [0.2, 0.25) is 0 Å². The molecule has 0 fully saturated rings. The number of benzene rings is 2. The molecule has 0 unspecified atom stereocenters. The lowest BCUT2D eigenvalue weighted by Crippen LogP contribution is -2.57. The lowest BCUT2D eigenvalue weighted by molar-refractivity contribution is -0.126. The van der Waals surface area contributed by atoms with Crippen LogP contribution in [0.1, 0.15) is 47.5 Å². The van der Waals surface area contributed by atoms with E-state index < -0.39 is 54.2 Å². The highest BCUT2D eigenvalue weighted by molar-refractivity contribution is 5.82. The standard InChI is InChI=1S/C22H25F5N2O2.C3H8.H2/c1-5-22(26,27)21(12(2)28-3)29-18(30)10-13-6-7-17(25)19(20(13)31-4)14-8-15(23)11-16(24)9-14;1-3-2;/h6-9,11-12,21,28H,5,10H2,1-4H3,(H,29,30);3H2,1-2H3;1H/t12-,21+;;/m0../s1. The van der Waals surface area contributed by atoms with Gasteiger partial charge < -0.3 is 15.4 Å². The summed E-state index contributed by atoms with van der Waals surface area (Å²) in [6.07, 6.45) is 0.375. The van der Waals surface area contributed by atoms with Crippen molar-refractivity contribution >= 4 is 5.91 Å². The lowest BCUT2D eigenvalue weighted by atomic mass is 9.97. The molecule has 0 saturated heterocycles. The average molecular weight is 491 g/mol. The molecule has 0 saturated carbocycles. The Labute approximate surface area is 199 Å². The molecule has 34 heavy (non-hydrogen) atoms. The highest BCUT2D eigenvalue weighted by atomic mass is 19.3. The number of amides is 1. The number of hydrogen-bond acceptors (Lipinski definition) is 3. The maximum Gasteiger partial charge on any atom is 0.269 e. The van der Waals surface area contributed by atoms with Crippen molar-refractivity contribution in [2.24, 2.45) is 0 Å². The van der Waals surface area contributed by atoms with Gasteiger partial charge in [-0.25, -0.2) is 22.0 Å². The molecule has 0 aromatic heterocycles. The molecular weight excluding hydrogens is 455 g/mol. The van der Waals surface area contributed by atoms with Crippen LogP contribution >= 0.6 is 0 Å². The maximum atomic E-state index is 14.5. The molecule has 2 rings (SSSR count). The lowest BCUT2D eigenvalue weighted by Gasteiger charge is -2.31. The van der Waals surface area contributed by atoms with Gasteiger partial charge in [0.25, 0.3) is 5.92 Å². The summed E-state index contributed by atoms with van der Waals surface area (Å²) in [5.74, 6) is -6.64. The van der Waals surface area contributed by atoms with E-state index in [1.54, 1.807) is 0 Å². The van der Waals surface area contributed by atoms with Crippen molar-refractivity contribution in [1.82, 2.24) is 10.6 Å². The number of nitrogens with one attached hydrogen (secondary N) is 2. The first kappa shape index (κ1) is 29.4. The Morgan fingerprint density at radius 1 is 1.09 bits per heavy atom. The third-order valence-electron chi connectivity index (χ3n) is 5.09. The molecule has 2 aromatic rings. The fraction of sp³-hybridized carbons (Fsp3) is 0.480. The Balaban J connectivity index is 0.00000274. The van der Waals surface area contributed by atoms with Crippen molar-refractivity contribution in [3.63, 3.8) is 0 Å². The van der Waals surface area contributed by atoms with E-state index in [1.165, 1.54) is 40.5 Å². The SMILES string of the molecule is CCC.CCC(F)(F)[C@H](NC(=O)Cc1ccc(F)c(-c2cc(F)cc(F)c2)c1OC)[C@H](C)NC.[HH]. The molecule has 4 nitrogen and oxygen atoms in total. The van der Waals surface area contributed by atoms with Crippen LogP contribution in [-0.2, 0) is 11.2 Å². The predicted molar refractivity (Wildman–Crippen MR) is 126 cm³/mol. The zero-order valence-electron chi connectivity index (χ0n) is 20.4. The van der Waals surface area contributed by atoms with Crippen molar-refractivity contribution in [3.8, 4) is 16.9 Å². The summed E-state index contributed by atoms with van der Waals surface area (Å²) >= 11 is 0. The summed E-state index contributed by atoms with van der Waals surface area (Å²) in [4.78, 5) is 12.6. The van der Waals surface area contributed by atoms with E-state index in [0.29, 0.717) is 6.07 Å². The number of alkyl halides is 2. The van der Waals surface area contributed by atoms with Crippen molar-refractivity contribution < 1.29 is 32.9 Å². The van der Waals surface area contributed by atoms with Crippen LogP contribution in [0.3, 0.4) is 0 Å². The molecule has 2 aromatic carbocycles. The Bertz CT molecular complexity index is 939. The molecule has 0 aliphatic carbocycles. The summed E-state index contributed by atoms with van der Waals surface area (Å²) < 4.78 is 75.7. The first-order valence-corrected chi connectivity index (χ1v) is 11.1. The third kappa shape index (κ3) is 7.68. The van der Waals surface area contributed by atoms with Crippen molar-refractivity contribution in [2.75, 3.05) is 14.2 Å². The number of rotatable bonds is 9. The minimum atomic E-state index is -3.16. The van der Waals surface area contributed by atoms with Crippen LogP contribution < -0.4 is 15.4 Å². The van der Waals surface area contributed by atoms with E-state index >= 15 is 0 Å². The van der Waals surface area contributed by atoms with Gasteiger partial charge in [0.1, 0.15) is 29.2 Å². The van der Waals surface area contributed by atoms with E-state index in [4.69, 9.17) is 4.74 Å². The Kier molecular flexibility index (Phi) is 11.5. The van der Waals surface area contributed by atoms with Gasteiger partial charge in [-0.15, -0.1) is 0 Å². The highest BCUT2D eigenvalue weighted by Crippen LogP contribution is 2.37. The van der Waals surface area contributed by atoms with Gasteiger partial charge in [0.2, 0.25) is 5.91 Å². The normalized spacial score (nSPS) is 12.9. The maximum absolute atomic E-state index is 14.5. The van der Waals surface area contributed by atoms with Gasteiger partial charge in [0, 0.05) is 25.5 Å². The number of likely N-dealkylation sites (N-methyl/N-ethyl adjacent to an activating group) is 1. The molecule has 0 bridgehead atoms. The van der Waals surface area contributed by atoms with Crippen LogP contribution in [0.25, 0.3) is 11.1 Å². The number of halogens is 5. The number of hydrogen-bond donors (Lipinski definition) is 2. The molecule has 0 aliphatic heterocycles. The van der Waals surface area contributed by atoms with E-state index in [-0.39, 0.29) is 23.9 Å². The van der Waals surface area contributed by atoms with Crippen molar-refractivity contribution in [2.45, 2.75) is 65.0 Å². The topological polar surface area (TPSA) is 50.4 Å². The van der Waals surface area contributed by atoms with Gasteiger partial charge in [-0.3, -0.25) is 4.79 Å². The molecule has 0 spiro atoms. The smallest absolute Gasteiger partial charge is 0.269 e. The minimum Gasteiger partial charge on any atom is -0.496 e. The molecule has 2 N–H and O–H groups in total. The van der Waals surface area contributed by atoms with Crippen LogP contribution in [0.4, 0.5) is 22.0 Å². The zero-order valence-corrected chi connectivity index (χ0v) is 20.4. The van der Waals surface area contributed by atoms with E-state index in [9.17, 15) is 26.7 Å². The Morgan fingerprint density at radius 2 is 1.65 bits per heavy atom. The first-order chi connectivity index (χ1) is 15.9. The Hall–Kier alpha value is -2.68. The molecule has 0 aliphatic rings. The minimum absolute atomic E-state index is 0. The van der Waals surface area contributed by atoms with E-state index in [0.717, 1.165) is 18.2 Å². The summed E-state index contributed by atoms with van der Waals surface area (Å²) in [7, 11) is 2.72. The summed E-state index contributed by atoms with van der Waals surface area (Å²) in [5, 5.41) is 5.04. The quantitative estimate of drug-likeness (QED) is 0.416. The third-order valence-corrected chi connectivity index (χ3v) is 5.09. The number of methoxy groups -OCH3 is 1. The van der Waals surface area contributed by atoms with Crippen LogP contribution in [0.5, 0.6) is 5.75 Å². The largest absolute Gasteiger partial charge is 0.496 e. The van der Waals surface area contributed by atoms with Gasteiger partial charge in [0.15, 0.2) is 0 Å². The van der Waals surface area contributed by atoms with Gasteiger partial charge in [0.05, 0.1) is 19.1 Å².